The number of aryl methyl sites for hydroxylation is 4. The van der Waals surface area contributed by atoms with Crippen LogP contribution >= 0.6 is 15.9 Å². The number of esters is 2. The number of aliphatic hydroxyl groups is 4. The number of hydrogen-bond acceptors (Lipinski definition) is 14. The van der Waals surface area contributed by atoms with Crippen molar-refractivity contribution >= 4 is 41.2 Å². The molecule has 6 aromatic rings. The molecule has 4 aromatic carbocycles. The number of carbonyl (C=O) groups is 2. The van der Waals surface area contributed by atoms with Gasteiger partial charge in [-0.3, -0.25) is 9.59 Å². The molecule has 0 saturated heterocycles. The number of nitrogens with zero attached hydrogens (tertiary/aromatic N) is 2. The first-order chi connectivity index (χ1) is 40.8. The molecule has 456 valence electrons. The molecule has 16 heteroatoms. The normalized spacial score (nSPS) is 20.7. The van der Waals surface area contributed by atoms with Crippen LogP contribution in [0.5, 0.6) is 23.3 Å². The van der Waals surface area contributed by atoms with Gasteiger partial charge in [0.05, 0.1) is 60.7 Å². The maximum absolute atomic E-state index is 12.1. The fourth-order valence-corrected chi connectivity index (χ4v) is 11.8. The molecule has 4 N–H and O–H groups in total. The lowest BCUT2D eigenvalue weighted by atomic mass is 9.90. The van der Waals surface area contributed by atoms with Crippen LogP contribution in [0.15, 0.2) is 102 Å². The predicted molar refractivity (Wildman–Crippen MR) is 335 cm³/mol. The maximum atomic E-state index is 12.1. The number of aromatic nitrogens is 2. The quantitative estimate of drug-likeness (QED) is 0.0416. The summed E-state index contributed by atoms with van der Waals surface area (Å²) in [6, 6.07) is 28.3. The summed E-state index contributed by atoms with van der Waals surface area (Å²) in [5.74, 6) is 4.14. The first kappa shape index (κ1) is 64.2. The molecule has 2 radical (unpaired) electrons. The number of carbonyl (C=O) groups excluding carboxylic acids is 2. The molecule has 14 nitrogen and oxygen atoms in total. The minimum atomic E-state index is -1.01. The zero-order chi connectivity index (χ0) is 61.9. The number of fused-ring (bicyclic) bond motifs is 6. The Morgan fingerprint density at radius 2 is 1.02 bits per heavy atom. The molecular weight excluding hydrogens is 1150 g/mol. The second kappa shape index (κ2) is 26.6. The van der Waals surface area contributed by atoms with Gasteiger partial charge in [0.15, 0.2) is 0 Å². The van der Waals surface area contributed by atoms with Gasteiger partial charge in [0.25, 0.3) is 0 Å². The molecule has 86 heavy (non-hydrogen) atoms. The zero-order valence-electron chi connectivity index (χ0n) is 51.5. The van der Waals surface area contributed by atoms with Crippen molar-refractivity contribution in [2.75, 3.05) is 26.4 Å². The topological polar surface area (TPSA) is 196 Å². The summed E-state index contributed by atoms with van der Waals surface area (Å²) >= 11 is 3.53. The molecule has 4 saturated carbocycles. The third-order valence-electron chi connectivity index (χ3n) is 17.8. The summed E-state index contributed by atoms with van der Waals surface area (Å²) in [5.41, 5.74) is 11.7. The van der Waals surface area contributed by atoms with Crippen LogP contribution in [0, 0.1) is 51.4 Å². The highest BCUT2D eigenvalue weighted by Gasteiger charge is 2.61. The molecule has 6 aliphatic rings. The average Bonchev–Trinajstić information content (AvgIpc) is 1.58. The van der Waals surface area contributed by atoms with Gasteiger partial charge in [-0.15, -0.1) is 0 Å². The molecular formula is C70H84BBrN2O12. The average molecular weight is 1240 g/mol. The van der Waals surface area contributed by atoms with Gasteiger partial charge in [-0.2, -0.15) is 0 Å². The van der Waals surface area contributed by atoms with Crippen LogP contribution in [0.4, 0.5) is 0 Å². The number of rotatable bonds is 20. The Kier molecular flexibility index (Phi) is 19.8. The lowest BCUT2D eigenvalue weighted by molar-refractivity contribution is -0.146. The zero-order valence-corrected chi connectivity index (χ0v) is 53.1. The SMILES string of the molecule is CC(C)(O)C(C)(C)O.CCOC(=O)[C@H]1[C@@H]2Cc3cc(OCc4cccc(-c5c(C)cc(OCCC6(O)CC6)cc5C)c4)ncc3[C@@H]21.Cc1cc(OCCC2(O)CC2)cc(C)c1Br.[B]c1cccc(COc2cc3c(cn2)[C@H]2[C@@H](C3)[C@@H]2C(=O)OCC)c1. The largest absolute Gasteiger partial charge is 0.493 e. The van der Waals surface area contributed by atoms with Crippen LogP contribution in [0.25, 0.3) is 11.1 Å². The standard InChI is InChI=1S/C32H35NO5.C19H18BNO3.C13H17BrO2.C6H14O2/c1-4-36-31(34)30-25-15-23-16-27(33-17-26(23)29(25)30)38-18-21-6-5-7-22(14-21)28-19(2)12-24(13-20(28)3)37-11-10-32(35)8-9-32;1-2-23-19(22)18-14-7-12-8-16(21-9-15(12)17(14)18)24-10-11-4-3-5-13(20)6-11;1-9-7-11(8-10(2)12(9)14)16-6-5-13(15)3-4-13;1-5(2,7)6(3,4)8/h5-7,12-14,16-17,25,29-30,35H,4,8-11,15,18H2,1-3H3;3-6,8-9,14,17-18H,2,7,10H2,1H3;7-8,15H,3-6H2,1-2H3;7-8H,1-4H3/t25-,29-,30+;14-,17-,18+;;/m11../s1. The summed E-state index contributed by atoms with van der Waals surface area (Å²) in [6.07, 6.45) is 10.6. The van der Waals surface area contributed by atoms with Crippen molar-refractivity contribution in [3.63, 3.8) is 0 Å². The van der Waals surface area contributed by atoms with Crippen molar-refractivity contribution in [1.82, 2.24) is 9.97 Å². The van der Waals surface area contributed by atoms with Gasteiger partial charge in [-0.05, 0) is 217 Å². The first-order valence-electron chi connectivity index (χ1n) is 30.3. The van der Waals surface area contributed by atoms with Crippen molar-refractivity contribution in [3.05, 3.63) is 157 Å². The highest BCUT2D eigenvalue weighted by molar-refractivity contribution is 9.10. The number of ether oxygens (including phenoxy) is 6. The number of benzene rings is 4. The molecule has 4 fully saturated rings. The summed E-state index contributed by atoms with van der Waals surface area (Å²) in [7, 11) is 5.77. The van der Waals surface area contributed by atoms with Crippen LogP contribution in [0.1, 0.15) is 148 Å². The molecule has 0 bridgehead atoms. The van der Waals surface area contributed by atoms with Crippen LogP contribution in [0.3, 0.4) is 0 Å². The number of halogens is 1. The third kappa shape index (κ3) is 16.1. The second-order valence-corrected chi connectivity index (χ2v) is 26.2. The summed E-state index contributed by atoms with van der Waals surface area (Å²) in [6.45, 7) is 21.2. The number of hydrogen-bond donors (Lipinski definition) is 4. The van der Waals surface area contributed by atoms with E-state index < -0.39 is 22.4 Å². The molecule has 0 spiro atoms. The molecule has 0 aliphatic heterocycles. The van der Waals surface area contributed by atoms with E-state index in [0.29, 0.717) is 69.7 Å². The van der Waals surface area contributed by atoms with Gasteiger partial charge in [0, 0.05) is 53.7 Å². The fraction of sp³-hybridized carbons (Fsp3) is 0.486. The van der Waals surface area contributed by atoms with Crippen molar-refractivity contribution in [2.24, 2.45) is 23.7 Å². The maximum Gasteiger partial charge on any atom is 0.309 e. The van der Waals surface area contributed by atoms with Crippen molar-refractivity contribution in [1.29, 1.82) is 0 Å². The van der Waals surface area contributed by atoms with E-state index in [0.717, 1.165) is 94.2 Å². The Labute approximate surface area is 516 Å². The number of pyridine rings is 2. The first-order valence-corrected chi connectivity index (χ1v) is 31.1. The van der Waals surface area contributed by atoms with Gasteiger partial charge in [-0.25, -0.2) is 9.97 Å². The second-order valence-electron chi connectivity index (χ2n) is 25.4. The lowest BCUT2D eigenvalue weighted by Crippen LogP contribution is -2.44. The highest BCUT2D eigenvalue weighted by atomic mass is 79.9. The monoisotopic (exact) mass is 1230 g/mol. The molecule has 0 unspecified atom stereocenters. The van der Waals surface area contributed by atoms with Crippen molar-refractivity contribution < 1.29 is 58.4 Å². The molecule has 6 atom stereocenters. The third-order valence-corrected chi connectivity index (χ3v) is 19.0. The molecule has 0 amide bonds. The lowest BCUT2D eigenvalue weighted by Gasteiger charge is -2.31. The molecule has 12 rings (SSSR count). The van der Waals surface area contributed by atoms with Crippen LogP contribution in [-0.4, -0.2) is 99.0 Å². The summed E-state index contributed by atoms with van der Waals surface area (Å²) in [5, 5.41) is 37.9. The molecule has 2 aromatic heterocycles. The van der Waals surface area contributed by atoms with E-state index in [4.69, 9.17) is 46.5 Å². The van der Waals surface area contributed by atoms with Gasteiger partial charge in [0.1, 0.15) is 32.6 Å². The van der Waals surface area contributed by atoms with E-state index in [1.165, 1.54) is 38.9 Å². The summed E-state index contributed by atoms with van der Waals surface area (Å²) < 4.78 is 35.0. The van der Waals surface area contributed by atoms with Gasteiger partial charge in [0.2, 0.25) is 11.8 Å². The Morgan fingerprint density at radius 1 is 0.605 bits per heavy atom. The van der Waals surface area contributed by atoms with Gasteiger partial charge < -0.3 is 48.8 Å². The minimum absolute atomic E-state index is 0.00156. The van der Waals surface area contributed by atoms with Gasteiger partial charge in [-0.1, -0.05) is 63.9 Å². The predicted octanol–water partition coefficient (Wildman–Crippen LogP) is 11.5. The highest BCUT2D eigenvalue weighted by Crippen LogP contribution is 2.63. The van der Waals surface area contributed by atoms with E-state index in [-0.39, 0.29) is 35.6 Å². The Balaban J connectivity index is 0.000000156. The van der Waals surface area contributed by atoms with Crippen molar-refractivity contribution in [2.45, 2.75) is 168 Å². The van der Waals surface area contributed by atoms with E-state index in [2.05, 4.69) is 90.0 Å². The van der Waals surface area contributed by atoms with Crippen LogP contribution in [-0.2, 0) is 45.1 Å². The Hall–Kier alpha value is -6.30. The van der Waals surface area contributed by atoms with Crippen LogP contribution < -0.4 is 24.4 Å². The van der Waals surface area contributed by atoms with E-state index in [1.54, 1.807) is 27.7 Å². The van der Waals surface area contributed by atoms with E-state index in [9.17, 15) is 19.8 Å². The Morgan fingerprint density at radius 3 is 1.43 bits per heavy atom. The fourth-order valence-electron chi connectivity index (χ4n) is 11.6. The Bertz CT molecular complexity index is 3340. The van der Waals surface area contributed by atoms with Gasteiger partial charge >= 0.3 is 11.9 Å². The molecule has 6 aliphatic carbocycles. The van der Waals surface area contributed by atoms with E-state index >= 15 is 0 Å². The summed E-state index contributed by atoms with van der Waals surface area (Å²) in [4.78, 5) is 33.0. The molecule has 2 heterocycles. The smallest absolute Gasteiger partial charge is 0.309 e. The van der Waals surface area contributed by atoms with E-state index in [1.807, 2.05) is 74.8 Å². The van der Waals surface area contributed by atoms with Crippen LogP contribution in [0.2, 0.25) is 0 Å². The minimum Gasteiger partial charge on any atom is -0.493 e. The van der Waals surface area contributed by atoms with Crippen molar-refractivity contribution in [3.8, 4) is 34.4 Å².